The number of thiol groups is 2. The van der Waals surface area contributed by atoms with Crippen LogP contribution in [-0.2, 0) is 28.8 Å². The van der Waals surface area contributed by atoms with Gasteiger partial charge in [0.25, 0.3) is 0 Å². The fraction of sp³-hybridized carbons (Fsp3) is 0.700. The van der Waals surface area contributed by atoms with Gasteiger partial charge in [0.1, 0.15) is 23.7 Å². The number of ketones is 2. The summed E-state index contributed by atoms with van der Waals surface area (Å²) in [5.74, 6) is -0.578. The van der Waals surface area contributed by atoms with Crippen molar-refractivity contribution >= 4 is 80.5 Å². The summed E-state index contributed by atoms with van der Waals surface area (Å²) in [5.41, 5.74) is 0. The zero-order valence-electron chi connectivity index (χ0n) is 18.0. The number of carbonyl (C=O) groups excluding carboxylic acids is 6. The Morgan fingerprint density at radius 1 is 0.719 bits per heavy atom. The van der Waals surface area contributed by atoms with Gasteiger partial charge in [-0.05, 0) is 26.7 Å². The minimum atomic E-state index is -0.791. The van der Waals surface area contributed by atoms with Crippen molar-refractivity contribution in [2.75, 3.05) is 24.6 Å². The van der Waals surface area contributed by atoms with Gasteiger partial charge in [0.2, 0.25) is 22.0 Å². The van der Waals surface area contributed by atoms with Crippen LogP contribution >= 0.6 is 46.8 Å². The Hall–Kier alpha value is -0.980. The van der Waals surface area contributed by atoms with Gasteiger partial charge in [0.15, 0.2) is 0 Å². The molecule has 2 aliphatic heterocycles. The summed E-state index contributed by atoms with van der Waals surface area (Å²) in [5, 5.41) is -0.938. The lowest BCUT2D eigenvalue weighted by atomic mass is 9.97. The van der Waals surface area contributed by atoms with Crippen LogP contribution in [0.25, 0.3) is 0 Å². The van der Waals surface area contributed by atoms with E-state index in [-0.39, 0.29) is 36.2 Å². The van der Waals surface area contributed by atoms with Crippen molar-refractivity contribution in [1.29, 1.82) is 0 Å². The summed E-state index contributed by atoms with van der Waals surface area (Å²) in [7, 11) is 2.89. The summed E-state index contributed by atoms with van der Waals surface area (Å²) >= 11 is 7.71. The summed E-state index contributed by atoms with van der Waals surface area (Å²) in [6.45, 7) is 3.59. The maximum absolute atomic E-state index is 12.5. The Bertz CT molecular complexity index is 728. The second kappa shape index (κ2) is 12.5. The van der Waals surface area contributed by atoms with Crippen molar-refractivity contribution in [3.63, 3.8) is 0 Å². The van der Waals surface area contributed by atoms with Crippen molar-refractivity contribution in [3.8, 4) is 0 Å². The predicted octanol–water partition coefficient (Wildman–Crippen LogP) is 1.67. The highest BCUT2D eigenvalue weighted by Crippen LogP contribution is 2.31. The van der Waals surface area contributed by atoms with Crippen LogP contribution in [0.3, 0.4) is 0 Å². The van der Waals surface area contributed by atoms with E-state index in [1.807, 2.05) is 0 Å². The van der Waals surface area contributed by atoms with E-state index in [2.05, 4.69) is 25.3 Å². The third-order valence-electron chi connectivity index (χ3n) is 5.87. The van der Waals surface area contributed by atoms with Gasteiger partial charge in [-0.15, -0.1) is 25.3 Å². The number of nitrogens with zero attached hydrogens (tertiary/aromatic N) is 2. The number of hydrogen-bond donors (Lipinski definition) is 2. The van der Waals surface area contributed by atoms with Crippen LogP contribution < -0.4 is 0 Å². The number of Topliss-reactive ketones (excluding diaryl/α,β-unsaturated/α-hetero) is 2. The molecule has 0 radical (unpaired) electrons. The average Bonchev–Trinajstić information content (AvgIpc) is 3.35. The molecule has 4 atom stereocenters. The molecule has 178 valence electrons. The van der Waals surface area contributed by atoms with Gasteiger partial charge in [-0.25, -0.2) is 0 Å². The molecule has 32 heavy (non-hydrogen) atoms. The monoisotopic (exact) mass is 520 g/mol. The van der Waals surface area contributed by atoms with E-state index in [1.54, 1.807) is 0 Å². The lowest BCUT2D eigenvalue weighted by Crippen LogP contribution is -2.43. The molecule has 2 fully saturated rings. The highest BCUT2D eigenvalue weighted by atomic mass is 33.1. The quantitative estimate of drug-likeness (QED) is 0.241. The molecule has 2 rings (SSSR count). The molecule has 12 heteroatoms. The molecule has 2 heterocycles. The maximum Gasteiger partial charge on any atom is 0.224 e. The van der Waals surface area contributed by atoms with E-state index >= 15 is 0 Å². The minimum Gasteiger partial charge on any atom is -0.331 e. The lowest BCUT2D eigenvalue weighted by Gasteiger charge is -2.25. The van der Waals surface area contributed by atoms with Crippen molar-refractivity contribution in [3.05, 3.63) is 0 Å². The van der Waals surface area contributed by atoms with Crippen LogP contribution in [0.4, 0.5) is 0 Å². The highest BCUT2D eigenvalue weighted by Gasteiger charge is 2.43. The summed E-state index contributed by atoms with van der Waals surface area (Å²) in [6.07, 6.45) is 1.38. The summed E-state index contributed by atoms with van der Waals surface area (Å²) in [4.78, 5) is 75.0. The van der Waals surface area contributed by atoms with Crippen LogP contribution in [0.5, 0.6) is 0 Å². The molecule has 0 spiro atoms. The number of likely N-dealkylation sites (tertiary alicyclic amines) is 2. The molecule has 0 saturated carbocycles. The molecule has 0 aromatic rings. The SMILES string of the molecule is CC(=O)[C@H]1CCN(C(=O)CCSSCCC(=O)N2CC[C@H](C(C)=O)[C@H]2C(=O)S)[C@@H]1C(=O)S. The van der Waals surface area contributed by atoms with Crippen LogP contribution in [0.2, 0.25) is 0 Å². The van der Waals surface area contributed by atoms with Crippen LogP contribution in [-0.4, -0.2) is 80.1 Å². The van der Waals surface area contributed by atoms with Crippen LogP contribution in [0.1, 0.15) is 39.5 Å². The minimum absolute atomic E-state index is 0.114. The molecular formula is C20H28N2O6S4. The number of carbonyl (C=O) groups is 6. The van der Waals surface area contributed by atoms with E-state index in [1.165, 1.54) is 45.2 Å². The molecule has 2 saturated heterocycles. The first-order chi connectivity index (χ1) is 15.1. The van der Waals surface area contributed by atoms with Gasteiger partial charge in [0, 0.05) is 49.3 Å². The van der Waals surface area contributed by atoms with Crippen molar-refractivity contribution in [2.45, 2.75) is 51.6 Å². The number of amides is 2. The molecule has 0 aliphatic carbocycles. The topological polar surface area (TPSA) is 109 Å². The van der Waals surface area contributed by atoms with E-state index in [9.17, 15) is 28.8 Å². The second-order valence-electron chi connectivity index (χ2n) is 7.90. The van der Waals surface area contributed by atoms with E-state index in [0.717, 1.165) is 0 Å². The Balaban J connectivity index is 1.72. The largest absolute Gasteiger partial charge is 0.331 e. The van der Waals surface area contributed by atoms with Crippen molar-refractivity contribution in [1.82, 2.24) is 9.80 Å². The molecule has 0 unspecified atom stereocenters. The number of rotatable bonds is 11. The van der Waals surface area contributed by atoms with Gasteiger partial charge < -0.3 is 9.80 Å². The lowest BCUT2D eigenvalue weighted by molar-refractivity contribution is -0.137. The van der Waals surface area contributed by atoms with Gasteiger partial charge in [-0.3, -0.25) is 28.8 Å². The smallest absolute Gasteiger partial charge is 0.224 e. The van der Waals surface area contributed by atoms with E-state index in [0.29, 0.717) is 37.4 Å². The first kappa shape index (κ1) is 27.3. The zero-order chi connectivity index (χ0) is 24.0. The second-order valence-corrected chi connectivity index (χ2v) is 11.5. The van der Waals surface area contributed by atoms with Gasteiger partial charge >= 0.3 is 0 Å². The molecule has 2 amide bonds. The Morgan fingerprint density at radius 3 is 1.34 bits per heavy atom. The van der Waals surface area contributed by atoms with Crippen LogP contribution in [0, 0.1) is 11.8 Å². The zero-order valence-corrected chi connectivity index (χ0v) is 21.4. The highest BCUT2D eigenvalue weighted by molar-refractivity contribution is 8.76. The molecule has 0 aromatic carbocycles. The third-order valence-corrected chi connectivity index (χ3v) is 8.81. The molecular weight excluding hydrogens is 492 g/mol. The molecule has 0 aromatic heterocycles. The fourth-order valence-corrected chi connectivity index (χ4v) is 6.87. The van der Waals surface area contributed by atoms with E-state index < -0.39 is 34.2 Å². The third kappa shape index (κ3) is 6.77. The Labute approximate surface area is 206 Å². The van der Waals surface area contributed by atoms with Gasteiger partial charge in [-0.2, -0.15) is 0 Å². The number of hydrogen-bond acceptors (Lipinski definition) is 8. The summed E-state index contributed by atoms with van der Waals surface area (Å²) in [6, 6.07) is -1.58. The summed E-state index contributed by atoms with van der Waals surface area (Å²) < 4.78 is 0. The predicted molar refractivity (Wildman–Crippen MR) is 131 cm³/mol. The van der Waals surface area contributed by atoms with Gasteiger partial charge in [0.05, 0.1) is 0 Å². The first-order valence-electron chi connectivity index (χ1n) is 10.4. The van der Waals surface area contributed by atoms with E-state index in [4.69, 9.17) is 0 Å². The standard InChI is InChI=1S/C20H28N2O6S4/c1-11(23)13-3-7-21(17(13)19(27)29)15(25)5-9-31-32-10-6-16(26)22-8-4-14(12(2)24)18(22)20(28)30/h13-14,17-18H,3-10H2,1-2H3,(H,27,29)(H,28,30)/t13-,14-,17+,18+/m1/s1. The maximum atomic E-state index is 12.5. The first-order valence-corrected chi connectivity index (χ1v) is 13.7. The molecule has 8 nitrogen and oxygen atoms in total. The normalized spacial score (nSPS) is 25.1. The Morgan fingerprint density at radius 2 is 1.06 bits per heavy atom. The molecule has 2 aliphatic rings. The van der Waals surface area contributed by atoms with Crippen LogP contribution in [0.15, 0.2) is 0 Å². The van der Waals surface area contributed by atoms with Gasteiger partial charge in [-0.1, -0.05) is 21.6 Å². The molecule has 0 bridgehead atoms. The average molecular weight is 521 g/mol. The molecule has 0 N–H and O–H groups in total. The Kier molecular flexibility index (Phi) is 10.6. The fourth-order valence-electron chi connectivity index (χ4n) is 4.27. The van der Waals surface area contributed by atoms with Crippen molar-refractivity contribution in [2.24, 2.45) is 11.8 Å². The van der Waals surface area contributed by atoms with Crippen molar-refractivity contribution < 1.29 is 28.8 Å².